The molecule has 4 rings (SSSR count). The van der Waals surface area contributed by atoms with Crippen LogP contribution in [0.15, 0.2) is 10.7 Å². The van der Waals surface area contributed by atoms with Crippen molar-refractivity contribution in [3.63, 3.8) is 0 Å². The highest BCUT2D eigenvalue weighted by Crippen LogP contribution is 2.26. The highest BCUT2D eigenvalue weighted by molar-refractivity contribution is 5.94. The lowest BCUT2D eigenvalue weighted by molar-refractivity contribution is -0.136. The Morgan fingerprint density at radius 3 is 2.41 bits per heavy atom. The van der Waals surface area contributed by atoms with Crippen molar-refractivity contribution in [1.82, 2.24) is 19.9 Å². The van der Waals surface area contributed by atoms with Gasteiger partial charge in [0.2, 0.25) is 5.91 Å². The van der Waals surface area contributed by atoms with Gasteiger partial charge in [-0.15, -0.1) is 0 Å². The Hall–Kier alpha value is -1.89. The Morgan fingerprint density at radius 2 is 1.74 bits per heavy atom. The molecule has 7 heteroatoms. The van der Waals surface area contributed by atoms with E-state index in [0.717, 1.165) is 77.8 Å². The second kappa shape index (κ2) is 8.00. The second-order valence-corrected chi connectivity index (χ2v) is 8.19. The minimum atomic E-state index is 0.0212. The molecule has 27 heavy (non-hydrogen) atoms. The molecule has 0 N–H and O–H groups in total. The first-order chi connectivity index (χ1) is 13.1. The van der Waals surface area contributed by atoms with Gasteiger partial charge in [-0.1, -0.05) is 5.16 Å². The molecule has 2 amide bonds. The first kappa shape index (κ1) is 18.5. The van der Waals surface area contributed by atoms with E-state index < -0.39 is 0 Å². The van der Waals surface area contributed by atoms with Crippen LogP contribution < -0.4 is 0 Å². The van der Waals surface area contributed by atoms with Crippen LogP contribution in [0.5, 0.6) is 0 Å². The lowest BCUT2D eigenvalue weighted by Gasteiger charge is -2.42. The third kappa shape index (κ3) is 3.88. The van der Waals surface area contributed by atoms with E-state index in [1.165, 1.54) is 6.20 Å². The summed E-state index contributed by atoms with van der Waals surface area (Å²) in [5.74, 6) is 1.14. The molecule has 0 aliphatic carbocycles. The summed E-state index contributed by atoms with van der Waals surface area (Å²) in [6.45, 7) is 7.14. The molecule has 0 unspecified atom stereocenters. The van der Waals surface area contributed by atoms with Crippen LogP contribution >= 0.6 is 0 Å². The second-order valence-electron chi connectivity index (χ2n) is 8.19. The van der Waals surface area contributed by atoms with Crippen LogP contribution in [-0.4, -0.2) is 77.0 Å². The maximum Gasteiger partial charge on any atom is 0.259 e. The zero-order valence-corrected chi connectivity index (χ0v) is 16.2. The van der Waals surface area contributed by atoms with Gasteiger partial charge in [0.1, 0.15) is 11.3 Å². The lowest BCUT2D eigenvalue weighted by atomic mass is 9.92. The molecular formula is C20H30N4O3. The smallest absolute Gasteiger partial charge is 0.259 e. The molecule has 0 spiro atoms. The molecule has 3 aliphatic rings. The highest BCUT2D eigenvalue weighted by atomic mass is 16.5. The number of nitrogens with zero attached hydrogens (tertiary/aromatic N) is 4. The summed E-state index contributed by atoms with van der Waals surface area (Å²) in [5, 5.41) is 3.72. The number of piperidine rings is 2. The van der Waals surface area contributed by atoms with Crippen molar-refractivity contribution in [1.29, 1.82) is 0 Å². The van der Waals surface area contributed by atoms with Gasteiger partial charge in [0.25, 0.3) is 5.91 Å². The maximum atomic E-state index is 12.8. The summed E-state index contributed by atoms with van der Waals surface area (Å²) in [4.78, 5) is 31.9. The van der Waals surface area contributed by atoms with Crippen LogP contribution in [0, 0.1) is 12.8 Å². The van der Waals surface area contributed by atoms with Crippen molar-refractivity contribution < 1.29 is 14.1 Å². The largest absolute Gasteiger partial charge is 0.361 e. The van der Waals surface area contributed by atoms with Gasteiger partial charge < -0.3 is 14.3 Å². The molecule has 1 atom stereocenters. The molecule has 7 nitrogen and oxygen atoms in total. The fourth-order valence-corrected chi connectivity index (χ4v) is 4.84. The first-order valence-corrected chi connectivity index (χ1v) is 10.4. The van der Waals surface area contributed by atoms with Gasteiger partial charge in [-0.05, 0) is 52.0 Å². The SMILES string of the molecule is Cc1oncc1C(=O)N1CCC(N2CCC[C@H](C(=O)N3CCCC3)C2)CC1. The lowest BCUT2D eigenvalue weighted by Crippen LogP contribution is -2.51. The Morgan fingerprint density at radius 1 is 1.00 bits per heavy atom. The third-order valence-corrected chi connectivity index (χ3v) is 6.47. The van der Waals surface area contributed by atoms with Gasteiger partial charge in [-0.3, -0.25) is 14.5 Å². The molecule has 0 radical (unpaired) electrons. The van der Waals surface area contributed by atoms with E-state index in [-0.39, 0.29) is 11.8 Å². The van der Waals surface area contributed by atoms with E-state index in [1.807, 2.05) is 4.90 Å². The molecule has 0 saturated carbocycles. The van der Waals surface area contributed by atoms with Crippen LogP contribution in [0.25, 0.3) is 0 Å². The maximum absolute atomic E-state index is 12.8. The number of carbonyl (C=O) groups excluding carboxylic acids is 2. The topological polar surface area (TPSA) is 69.9 Å². The number of aromatic nitrogens is 1. The standard InChI is InChI=1S/C20H30N4O3/c1-15-18(13-21-27-15)20(26)23-11-6-17(7-12-23)24-10-4-5-16(14-24)19(25)22-8-2-3-9-22/h13,16-17H,2-12,14H2,1H3/t16-/m0/s1. The van der Waals surface area contributed by atoms with Gasteiger partial charge in [0.15, 0.2) is 0 Å². The number of rotatable bonds is 3. The molecular weight excluding hydrogens is 344 g/mol. The Kier molecular flexibility index (Phi) is 5.48. The number of aryl methyl sites for hydroxylation is 1. The van der Waals surface area contributed by atoms with E-state index >= 15 is 0 Å². The number of carbonyl (C=O) groups is 2. The van der Waals surface area contributed by atoms with E-state index in [0.29, 0.717) is 23.3 Å². The van der Waals surface area contributed by atoms with E-state index in [4.69, 9.17) is 4.52 Å². The minimum Gasteiger partial charge on any atom is -0.361 e. The number of hydrogen-bond donors (Lipinski definition) is 0. The van der Waals surface area contributed by atoms with E-state index in [2.05, 4.69) is 15.0 Å². The fraction of sp³-hybridized carbons (Fsp3) is 0.750. The van der Waals surface area contributed by atoms with Crippen LogP contribution in [0.2, 0.25) is 0 Å². The summed E-state index contributed by atoms with van der Waals surface area (Å²) in [7, 11) is 0. The molecule has 1 aromatic heterocycles. The zero-order chi connectivity index (χ0) is 18.8. The van der Waals surface area contributed by atoms with E-state index in [9.17, 15) is 9.59 Å². The van der Waals surface area contributed by atoms with Crippen molar-refractivity contribution in [3.8, 4) is 0 Å². The van der Waals surface area contributed by atoms with Gasteiger partial charge in [-0.2, -0.15) is 0 Å². The van der Waals surface area contributed by atoms with Gasteiger partial charge in [0.05, 0.1) is 12.1 Å². The van der Waals surface area contributed by atoms with Crippen LogP contribution in [0.4, 0.5) is 0 Å². The monoisotopic (exact) mass is 374 g/mol. The van der Waals surface area contributed by atoms with Crippen LogP contribution in [0.3, 0.4) is 0 Å². The van der Waals surface area contributed by atoms with Crippen LogP contribution in [0.1, 0.15) is 54.6 Å². The van der Waals surface area contributed by atoms with Crippen molar-refractivity contribution in [2.24, 2.45) is 5.92 Å². The van der Waals surface area contributed by atoms with Crippen molar-refractivity contribution in [3.05, 3.63) is 17.5 Å². The molecule has 0 aromatic carbocycles. The predicted molar refractivity (Wildman–Crippen MR) is 100 cm³/mol. The fourth-order valence-electron chi connectivity index (χ4n) is 4.84. The summed E-state index contributed by atoms with van der Waals surface area (Å²) in [6.07, 6.45) is 7.89. The first-order valence-electron chi connectivity index (χ1n) is 10.4. The molecule has 1 aromatic rings. The summed E-state index contributed by atoms with van der Waals surface area (Å²) < 4.78 is 5.03. The number of hydrogen-bond acceptors (Lipinski definition) is 5. The zero-order valence-electron chi connectivity index (χ0n) is 16.2. The van der Waals surface area contributed by atoms with Crippen LogP contribution in [-0.2, 0) is 4.79 Å². The third-order valence-electron chi connectivity index (χ3n) is 6.47. The van der Waals surface area contributed by atoms with E-state index in [1.54, 1.807) is 6.92 Å². The molecule has 3 aliphatic heterocycles. The number of likely N-dealkylation sites (tertiary alicyclic amines) is 3. The predicted octanol–water partition coefficient (Wildman–Crippen LogP) is 1.92. The van der Waals surface area contributed by atoms with Gasteiger partial charge in [0, 0.05) is 38.8 Å². The summed E-state index contributed by atoms with van der Waals surface area (Å²) >= 11 is 0. The minimum absolute atomic E-state index is 0.0212. The van der Waals surface area contributed by atoms with Crippen molar-refractivity contribution in [2.75, 3.05) is 39.3 Å². The summed E-state index contributed by atoms with van der Waals surface area (Å²) in [6, 6.07) is 0.479. The molecule has 148 valence electrons. The molecule has 3 fully saturated rings. The summed E-state index contributed by atoms with van der Waals surface area (Å²) in [5.41, 5.74) is 0.572. The molecule has 3 saturated heterocycles. The van der Waals surface area contributed by atoms with Gasteiger partial charge >= 0.3 is 0 Å². The quantitative estimate of drug-likeness (QED) is 0.808. The highest BCUT2D eigenvalue weighted by Gasteiger charge is 2.35. The van der Waals surface area contributed by atoms with Crippen molar-refractivity contribution in [2.45, 2.75) is 51.5 Å². The number of amides is 2. The van der Waals surface area contributed by atoms with Crippen molar-refractivity contribution >= 4 is 11.8 Å². The molecule has 4 heterocycles. The van der Waals surface area contributed by atoms with Gasteiger partial charge in [-0.25, -0.2) is 0 Å². The Bertz CT molecular complexity index is 675. The Balaban J connectivity index is 1.30. The Labute approximate surface area is 160 Å². The average molecular weight is 374 g/mol. The average Bonchev–Trinajstić information content (AvgIpc) is 3.39. The molecule has 0 bridgehead atoms. The normalized spacial score (nSPS) is 25.1.